The maximum absolute atomic E-state index is 11.8. The first-order valence-corrected chi connectivity index (χ1v) is 7.23. The van der Waals surface area contributed by atoms with E-state index in [0.29, 0.717) is 5.75 Å². The number of aryl methyl sites for hydroxylation is 4. The van der Waals surface area contributed by atoms with E-state index in [1.165, 1.54) is 6.08 Å². The molecule has 0 saturated heterocycles. The van der Waals surface area contributed by atoms with Crippen LogP contribution in [-0.2, 0) is 4.79 Å². The maximum Gasteiger partial charge on any atom is 0.336 e. The van der Waals surface area contributed by atoms with Crippen LogP contribution >= 0.6 is 11.3 Å². The van der Waals surface area contributed by atoms with Crippen molar-refractivity contribution in [3.63, 3.8) is 0 Å². The van der Waals surface area contributed by atoms with Gasteiger partial charge in [-0.3, -0.25) is 0 Å². The van der Waals surface area contributed by atoms with Crippen LogP contribution in [0.2, 0.25) is 0 Å². The third-order valence-electron chi connectivity index (χ3n) is 2.83. The Balaban J connectivity index is 2.10. The van der Waals surface area contributed by atoms with Gasteiger partial charge in [-0.05, 0) is 44.9 Å². The summed E-state index contributed by atoms with van der Waals surface area (Å²) in [6.45, 7) is 7.83. The van der Waals surface area contributed by atoms with Crippen LogP contribution in [-0.4, -0.2) is 11.0 Å². The monoisotopic (exact) mass is 287 g/mol. The molecule has 0 aliphatic heterocycles. The standard InChI is InChI=1S/C16H17NO2S/c1-10-7-11(2)16(12(3)8-10)19-15(18)6-5-14-9-20-13(4)17-14/h5-9H,1-4H3/b6-5+. The highest BCUT2D eigenvalue weighted by molar-refractivity contribution is 7.09. The number of rotatable bonds is 3. The molecule has 2 rings (SSSR count). The molecule has 0 spiro atoms. The summed E-state index contributed by atoms with van der Waals surface area (Å²) in [4.78, 5) is 16.1. The Kier molecular flexibility index (Phi) is 4.35. The van der Waals surface area contributed by atoms with Crippen LogP contribution in [0.25, 0.3) is 6.08 Å². The minimum absolute atomic E-state index is 0.384. The van der Waals surface area contributed by atoms with Gasteiger partial charge in [0.15, 0.2) is 0 Å². The van der Waals surface area contributed by atoms with Crippen molar-refractivity contribution in [2.24, 2.45) is 0 Å². The maximum atomic E-state index is 11.8. The van der Waals surface area contributed by atoms with E-state index < -0.39 is 0 Å². The van der Waals surface area contributed by atoms with E-state index in [1.807, 2.05) is 45.2 Å². The molecule has 1 heterocycles. The summed E-state index contributed by atoms with van der Waals surface area (Å²) in [6.07, 6.45) is 3.08. The molecule has 1 aromatic carbocycles. The van der Waals surface area contributed by atoms with Gasteiger partial charge in [-0.1, -0.05) is 17.7 Å². The summed E-state index contributed by atoms with van der Waals surface area (Å²) in [5, 5.41) is 2.88. The third kappa shape index (κ3) is 3.54. The summed E-state index contributed by atoms with van der Waals surface area (Å²) >= 11 is 1.55. The number of thiazole rings is 1. The highest BCUT2D eigenvalue weighted by atomic mass is 32.1. The van der Waals surface area contributed by atoms with Crippen LogP contribution < -0.4 is 4.74 Å². The summed E-state index contributed by atoms with van der Waals surface area (Å²) in [6, 6.07) is 4.01. The minimum Gasteiger partial charge on any atom is -0.423 e. The molecule has 3 nitrogen and oxygen atoms in total. The molecule has 2 aromatic rings. The zero-order valence-electron chi connectivity index (χ0n) is 12.1. The number of ether oxygens (including phenoxy) is 1. The topological polar surface area (TPSA) is 39.2 Å². The molecule has 0 aliphatic rings. The fourth-order valence-electron chi connectivity index (χ4n) is 2.07. The van der Waals surface area contributed by atoms with E-state index >= 15 is 0 Å². The molecular formula is C16H17NO2S. The molecule has 0 fully saturated rings. The van der Waals surface area contributed by atoms with Gasteiger partial charge in [-0.25, -0.2) is 9.78 Å². The molecule has 0 N–H and O–H groups in total. The van der Waals surface area contributed by atoms with Crippen LogP contribution in [0, 0.1) is 27.7 Å². The van der Waals surface area contributed by atoms with E-state index in [4.69, 9.17) is 4.74 Å². The zero-order valence-corrected chi connectivity index (χ0v) is 12.9. The zero-order chi connectivity index (χ0) is 14.7. The molecule has 0 saturated carbocycles. The first-order chi connectivity index (χ1) is 9.45. The summed E-state index contributed by atoms with van der Waals surface area (Å²) in [7, 11) is 0. The van der Waals surface area contributed by atoms with Crippen molar-refractivity contribution in [3.8, 4) is 5.75 Å². The van der Waals surface area contributed by atoms with Gasteiger partial charge >= 0.3 is 5.97 Å². The van der Waals surface area contributed by atoms with E-state index in [9.17, 15) is 4.79 Å². The predicted molar refractivity (Wildman–Crippen MR) is 82.2 cm³/mol. The van der Waals surface area contributed by atoms with Gasteiger partial charge < -0.3 is 4.74 Å². The van der Waals surface area contributed by atoms with E-state index in [-0.39, 0.29) is 5.97 Å². The number of esters is 1. The van der Waals surface area contributed by atoms with Crippen molar-refractivity contribution in [3.05, 3.63) is 51.0 Å². The van der Waals surface area contributed by atoms with Crippen molar-refractivity contribution in [1.82, 2.24) is 4.98 Å². The number of aromatic nitrogens is 1. The summed E-state index contributed by atoms with van der Waals surface area (Å²) in [5.74, 6) is 0.255. The second-order valence-corrected chi connectivity index (χ2v) is 5.84. The smallest absolute Gasteiger partial charge is 0.336 e. The highest BCUT2D eigenvalue weighted by Crippen LogP contribution is 2.24. The molecule has 0 aliphatic carbocycles. The Morgan fingerprint density at radius 3 is 2.40 bits per heavy atom. The molecule has 4 heteroatoms. The van der Waals surface area contributed by atoms with Crippen molar-refractivity contribution in [2.45, 2.75) is 27.7 Å². The predicted octanol–water partition coefficient (Wildman–Crippen LogP) is 4.00. The number of carbonyl (C=O) groups excluding carboxylic acids is 1. The Morgan fingerprint density at radius 2 is 1.85 bits per heavy atom. The molecule has 0 bridgehead atoms. The van der Waals surface area contributed by atoms with Crippen LogP contribution in [0.4, 0.5) is 0 Å². The lowest BCUT2D eigenvalue weighted by Gasteiger charge is -2.10. The van der Waals surface area contributed by atoms with Crippen LogP contribution in [0.3, 0.4) is 0 Å². The van der Waals surface area contributed by atoms with Crippen molar-refractivity contribution < 1.29 is 9.53 Å². The second kappa shape index (κ2) is 6.01. The third-order valence-corrected chi connectivity index (χ3v) is 3.63. The lowest BCUT2D eigenvalue weighted by molar-refractivity contribution is -0.129. The first kappa shape index (κ1) is 14.5. The summed E-state index contributed by atoms with van der Waals surface area (Å²) < 4.78 is 5.41. The molecule has 0 atom stereocenters. The quantitative estimate of drug-likeness (QED) is 0.486. The number of nitrogens with zero attached hydrogens (tertiary/aromatic N) is 1. The normalized spacial score (nSPS) is 11.0. The Labute approximate surface area is 122 Å². The first-order valence-electron chi connectivity index (χ1n) is 6.35. The van der Waals surface area contributed by atoms with Crippen molar-refractivity contribution >= 4 is 23.4 Å². The average Bonchev–Trinajstić information content (AvgIpc) is 2.77. The molecule has 20 heavy (non-hydrogen) atoms. The molecule has 0 radical (unpaired) electrons. The van der Waals surface area contributed by atoms with Gasteiger partial charge in [0, 0.05) is 11.5 Å². The molecule has 1 aromatic heterocycles. The highest BCUT2D eigenvalue weighted by Gasteiger charge is 2.08. The average molecular weight is 287 g/mol. The molecular weight excluding hydrogens is 270 g/mol. The fraction of sp³-hybridized carbons (Fsp3) is 0.250. The SMILES string of the molecule is Cc1cc(C)c(OC(=O)/C=C/c2csc(C)n2)c(C)c1. The van der Waals surface area contributed by atoms with Crippen molar-refractivity contribution in [2.75, 3.05) is 0 Å². The van der Waals surface area contributed by atoms with E-state index in [1.54, 1.807) is 17.4 Å². The number of benzene rings is 1. The Bertz CT molecular complexity index is 648. The Hall–Kier alpha value is -1.94. The summed E-state index contributed by atoms with van der Waals surface area (Å²) in [5.41, 5.74) is 3.87. The minimum atomic E-state index is -0.384. The van der Waals surface area contributed by atoms with E-state index in [2.05, 4.69) is 4.98 Å². The molecule has 104 valence electrons. The number of carbonyl (C=O) groups is 1. The van der Waals surface area contributed by atoms with Gasteiger partial charge in [0.25, 0.3) is 0 Å². The van der Waals surface area contributed by atoms with Crippen LogP contribution in [0.5, 0.6) is 5.75 Å². The lowest BCUT2D eigenvalue weighted by Crippen LogP contribution is -2.06. The molecule has 0 unspecified atom stereocenters. The fourth-order valence-corrected chi connectivity index (χ4v) is 2.65. The van der Waals surface area contributed by atoms with Gasteiger partial charge in [0.05, 0.1) is 10.7 Å². The van der Waals surface area contributed by atoms with Gasteiger partial charge in [0.2, 0.25) is 0 Å². The van der Waals surface area contributed by atoms with Crippen LogP contribution in [0.1, 0.15) is 27.4 Å². The number of hydrogen-bond donors (Lipinski definition) is 0. The Morgan fingerprint density at radius 1 is 1.20 bits per heavy atom. The van der Waals surface area contributed by atoms with E-state index in [0.717, 1.165) is 27.4 Å². The molecule has 0 amide bonds. The largest absolute Gasteiger partial charge is 0.423 e. The second-order valence-electron chi connectivity index (χ2n) is 4.77. The lowest BCUT2D eigenvalue weighted by atomic mass is 10.1. The van der Waals surface area contributed by atoms with Crippen LogP contribution in [0.15, 0.2) is 23.6 Å². The van der Waals surface area contributed by atoms with Crippen molar-refractivity contribution in [1.29, 1.82) is 0 Å². The van der Waals surface area contributed by atoms with Gasteiger partial charge in [0.1, 0.15) is 5.75 Å². The van der Waals surface area contributed by atoms with Gasteiger partial charge in [-0.15, -0.1) is 11.3 Å². The number of hydrogen-bond acceptors (Lipinski definition) is 4. The van der Waals surface area contributed by atoms with Gasteiger partial charge in [-0.2, -0.15) is 0 Å².